The summed E-state index contributed by atoms with van der Waals surface area (Å²) in [6.07, 6.45) is 0.712. The Balaban J connectivity index is 2.38. The molecule has 1 aromatic carbocycles. The number of nitrogens with two attached hydrogens (primary N) is 1. The normalized spacial score (nSPS) is 10.3. The van der Waals surface area contributed by atoms with E-state index in [0.717, 1.165) is 10.0 Å². The summed E-state index contributed by atoms with van der Waals surface area (Å²) >= 11 is 3.41. The van der Waals surface area contributed by atoms with E-state index >= 15 is 0 Å². The van der Waals surface area contributed by atoms with Crippen molar-refractivity contribution in [2.24, 2.45) is 5.84 Å². The molecule has 100 valence electrons. The highest BCUT2D eigenvalue weighted by molar-refractivity contribution is 9.10. The van der Waals surface area contributed by atoms with Gasteiger partial charge in [-0.2, -0.15) is 4.98 Å². The molecule has 0 aliphatic rings. The number of benzene rings is 1. The summed E-state index contributed by atoms with van der Waals surface area (Å²) in [5.41, 5.74) is 3.34. The van der Waals surface area contributed by atoms with Gasteiger partial charge in [0, 0.05) is 10.9 Å². The van der Waals surface area contributed by atoms with Crippen molar-refractivity contribution in [3.63, 3.8) is 0 Å². The minimum absolute atomic E-state index is 0.512. The van der Waals surface area contributed by atoms with E-state index in [1.165, 1.54) is 0 Å². The van der Waals surface area contributed by atoms with E-state index in [2.05, 4.69) is 31.3 Å². The van der Waals surface area contributed by atoms with Gasteiger partial charge in [-0.1, -0.05) is 28.9 Å². The van der Waals surface area contributed by atoms with Crippen LogP contribution in [0.2, 0.25) is 0 Å². The van der Waals surface area contributed by atoms with Gasteiger partial charge in [-0.05, 0) is 25.1 Å². The zero-order valence-electron chi connectivity index (χ0n) is 10.8. The highest BCUT2D eigenvalue weighted by Gasteiger charge is 2.11. The average molecular weight is 323 g/mol. The van der Waals surface area contributed by atoms with E-state index in [4.69, 9.17) is 10.6 Å². The maximum absolute atomic E-state index is 5.80. The molecular formula is C13H15BrN4O. The molecular weight excluding hydrogens is 308 g/mol. The minimum Gasteiger partial charge on any atom is -0.439 e. The molecule has 0 bridgehead atoms. The number of aromatic nitrogens is 2. The fraction of sp³-hybridized carbons (Fsp3) is 0.231. The van der Waals surface area contributed by atoms with E-state index in [0.29, 0.717) is 29.7 Å². The van der Waals surface area contributed by atoms with Crippen LogP contribution in [-0.2, 0) is 6.42 Å². The number of hydrogen-bond donors (Lipinski definition) is 2. The number of nitrogens with one attached hydrogen (secondary N) is 1. The van der Waals surface area contributed by atoms with Crippen molar-refractivity contribution in [2.45, 2.75) is 20.3 Å². The van der Waals surface area contributed by atoms with Crippen LogP contribution in [0.1, 0.15) is 18.3 Å². The van der Waals surface area contributed by atoms with Gasteiger partial charge in [-0.25, -0.2) is 10.8 Å². The third-order valence-corrected chi connectivity index (χ3v) is 3.10. The van der Waals surface area contributed by atoms with Gasteiger partial charge in [-0.3, -0.25) is 0 Å². The van der Waals surface area contributed by atoms with Crippen molar-refractivity contribution >= 4 is 21.7 Å². The Morgan fingerprint density at radius 2 is 2.16 bits per heavy atom. The predicted octanol–water partition coefficient (Wildman–Crippen LogP) is 3.19. The summed E-state index contributed by atoms with van der Waals surface area (Å²) < 4.78 is 6.75. The molecule has 0 saturated carbocycles. The summed E-state index contributed by atoms with van der Waals surface area (Å²) in [4.78, 5) is 8.67. The van der Waals surface area contributed by atoms with Crippen LogP contribution < -0.4 is 16.0 Å². The molecule has 19 heavy (non-hydrogen) atoms. The second-order valence-corrected chi connectivity index (χ2v) is 4.89. The highest BCUT2D eigenvalue weighted by atomic mass is 79.9. The summed E-state index contributed by atoms with van der Waals surface area (Å²) in [5.74, 6) is 7.94. The van der Waals surface area contributed by atoms with E-state index < -0.39 is 0 Å². The zero-order valence-corrected chi connectivity index (χ0v) is 12.4. The standard InChI is InChI=1S/C13H15BrN4O/c1-3-11-16-12(18-15)8(2)13(17-11)19-10-6-4-5-9(14)7-10/h4-7H,3,15H2,1-2H3,(H,16,17,18). The third-order valence-electron chi connectivity index (χ3n) is 2.61. The number of hydrazine groups is 1. The van der Waals surface area contributed by atoms with Gasteiger partial charge in [0.05, 0.1) is 5.56 Å². The van der Waals surface area contributed by atoms with Gasteiger partial charge >= 0.3 is 0 Å². The molecule has 0 aliphatic heterocycles. The Morgan fingerprint density at radius 1 is 1.37 bits per heavy atom. The lowest BCUT2D eigenvalue weighted by Gasteiger charge is -2.12. The molecule has 0 amide bonds. The lowest BCUT2D eigenvalue weighted by Crippen LogP contribution is -2.13. The number of nitrogen functional groups attached to an aromatic ring is 1. The largest absolute Gasteiger partial charge is 0.439 e. The smallest absolute Gasteiger partial charge is 0.227 e. The van der Waals surface area contributed by atoms with E-state index in [9.17, 15) is 0 Å². The van der Waals surface area contributed by atoms with Crippen molar-refractivity contribution in [1.29, 1.82) is 0 Å². The van der Waals surface area contributed by atoms with Crippen LogP contribution in [-0.4, -0.2) is 9.97 Å². The maximum Gasteiger partial charge on any atom is 0.227 e. The first-order valence-electron chi connectivity index (χ1n) is 5.91. The van der Waals surface area contributed by atoms with Crippen LogP contribution >= 0.6 is 15.9 Å². The van der Waals surface area contributed by atoms with E-state index in [1.807, 2.05) is 38.1 Å². The summed E-state index contributed by atoms with van der Waals surface area (Å²) in [6.45, 7) is 3.84. The minimum atomic E-state index is 0.512. The fourth-order valence-electron chi connectivity index (χ4n) is 1.58. The van der Waals surface area contributed by atoms with Crippen LogP contribution in [0.25, 0.3) is 0 Å². The van der Waals surface area contributed by atoms with Gasteiger partial charge < -0.3 is 10.2 Å². The number of ether oxygens (including phenoxy) is 1. The Bertz CT molecular complexity index is 589. The van der Waals surface area contributed by atoms with Crippen LogP contribution in [0.15, 0.2) is 28.7 Å². The monoisotopic (exact) mass is 322 g/mol. The van der Waals surface area contributed by atoms with Crippen LogP contribution in [0, 0.1) is 6.92 Å². The molecule has 2 aromatic rings. The quantitative estimate of drug-likeness (QED) is 0.668. The van der Waals surface area contributed by atoms with E-state index in [-0.39, 0.29) is 0 Å². The molecule has 5 nitrogen and oxygen atoms in total. The lowest BCUT2D eigenvalue weighted by atomic mass is 10.3. The molecule has 3 N–H and O–H groups in total. The second kappa shape index (κ2) is 5.99. The summed E-state index contributed by atoms with van der Waals surface area (Å²) in [7, 11) is 0. The first-order valence-corrected chi connectivity index (χ1v) is 6.71. The van der Waals surface area contributed by atoms with E-state index in [1.54, 1.807) is 0 Å². The molecule has 0 fully saturated rings. The van der Waals surface area contributed by atoms with Crippen LogP contribution in [0.5, 0.6) is 11.6 Å². The van der Waals surface area contributed by atoms with Gasteiger partial charge in [-0.15, -0.1) is 0 Å². The molecule has 1 heterocycles. The van der Waals surface area contributed by atoms with Crippen LogP contribution in [0.3, 0.4) is 0 Å². The molecule has 0 saturated heterocycles. The van der Waals surface area contributed by atoms with Gasteiger partial charge in [0.1, 0.15) is 17.4 Å². The first kappa shape index (κ1) is 13.8. The molecule has 0 unspecified atom stereocenters. The number of halogens is 1. The van der Waals surface area contributed by atoms with Crippen LogP contribution in [0.4, 0.5) is 5.82 Å². The number of nitrogens with zero attached hydrogens (tertiary/aromatic N) is 2. The number of rotatable bonds is 4. The fourth-order valence-corrected chi connectivity index (χ4v) is 1.96. The SMILES string of the molecule is CCc1nc(NN)c(C)c(Oc2cccc(Br)c2)n1. The maximum atomic E-state index is 5.80. The molecule has 0 atom stereocenters. The van der Waals surface area contributed by atoms with Gasteiger partial charge in [0.25, 0.3) is 0 Å². The summed E-state index contributed by atoms with van der Waals surface area (Å²) in [5, 5.41) is 0. The summed E-state index contributed by atoms with van der Waals surface area (Å²) in [6, 6.07) is 7.58. The Morgan fingerprint density at radius 3 is 2.79 bits per heavy atom. The number of aryl methyl sites for hydroxylation is 1. The predicted molar refractivity (Wildman–Crippen MR) is 78.2 cm³/mol. The van der Waals surface area contributed by atoms with Crippen molar-refractivity contribution in [2.75, 3.05) is 5.43 Å². The van der Waals surface area contributed by atoms with Crippen molar-refractivity contribution in [3.8, 4) is 11.6 Å². The number of anilines is 1. The number of hydrogen-bond acceptors (Lipinski definition) is 5. The van der Waals surface area contributed by atoms with Crippen molar-refractivity contribution in [1.82, 2.24) is 9.97 Å². The zero-order chi connectivity index (χ0) is 13.8. The Labute approximate surface area is 120 Å². The topological polar surface area (TPSA) is 73.1 Å². The van der Waals surface area contributed by atoms with Gasteiger partial charge in [0.2, 0.25) is 5.88 Å². The Kier molecular flexibility index (Phi) is 4.34. The van der Waals surface area contributed by atoms with Crippen molar-refractivity contribution in [3.05, 3.63) is 40.1 Å². The highest BCUT2D eigenvalue weighted by Crippen LogP contribution is 2.28. The molecule has 0 radical (unpaired) electrons. The lowest BCUT2D eigenvalue weighted by molar-refractivity contribution is 0.454. The second-order valence-electron chi connectivity index (χ2n) is 3.98. The van der Waals surface area contributed by atoms with Gasteiger partial charge in [0.15, 0.2) is 0 Å². The Hall–Kier alpha value is -1.66. The molecule has 0 spiro atoms. The van der Waals surface area contributed by atoms with Crippen molar-refractivity contribution < 1.29 is 4.74 Å². The molecule has 1 aromatic heterocycles. The molecule has 2 rings (SSSR count). The first-order chi connectivity index (χ1) is 9.13. The molecule has 0 aliphatic carbocycles. The molecule has 6 heteroatoms. The average Bonchev–Trinajstić information content (AvgIpc) is 2.41. The third kappa shape index (κ3) is 3.21.